The summed E-state index contributed by atoms with van der Waals surface area (Å²) >= 11 is 12.0. The van der Waals surface area contributed by atoms with E-state index >= 15 is 0 Å². The normalized spacial score (nSPS) is 17.4. The Morgan fingerprint density at radius 1 is 0.944 bits per heavy atom. The number of rotatable bonds is 5. The van der Waals surface area contributed by atoms with E-state index in [0.717, 1.165) is 17.0 Å². The molecule has 3 aromatic rings. The van der Waals surface area contributed by atoms with Crippen molar-refractivity contribution in [2.45, 2.75) is 12.4 Å². The fraction of sp³-hybridized carbons (Fsp3) is 0.120. The molecule has 6 nitrogen and oxygen atoms in total. The number of carbonyl (C=O) groups is 2. The van der Waals surface area contributed by atoms with E-state index < -0.39 is 35.6 Å². The summed E-state index contributed by atoms with van der Waals surface area (Å²) in [6.45, 7) is 0. The smallest absolute Gasteiger partial charge is 0.507 e. The largest absolute Gasteiger partial charge is 0.573 e. The number of benzene rings is 3. The van der Waals surface area contributed by atoms with Crippen LogP contribution in [0.2, 0.25) is 10.0 Å². The number of hydrogen-bond donors (Lipinski definition) is 1. The number of methoxy groups -OCH3 is 1. The summed E-state index contributed by atoms with van der Waals surface area (Å²) < 4.78 is 47.5. The van der Waals surface area contributed by atoms with Gasteiger partial charge >= 0.3 is 6.36 Å². The van der Waals surface area contributed by atoms with E-state index in [1.54, 1.807) is 24.3 Å². The number of hydrogen-bond acceptors (Lipinski definition) is 5. The molecular formula is C25H16Cl2F3NO5. The third kappa shape index (κ3) is 4.98. The minimum absolute atomic E-state index is 0.0483. The molecule has 0 aromatic heterocycles. The molecule has 1 fully saturated rings. The predicted molar refractivity (Wildman–Crippen MR) is 127 cm³/mol. The van der Waals surface area contributed by atoms with Crippen LogP contribution >= 0.6 is 23.2 Å². The van der Waals surface area contributed by atoms with Gasteiger partial charge in [-0.2, -0.15) is 0 Å². The van der Waals surface area contributed by atoms with Crippen molar-refractivity contribution in [2.75, 3.05) is 12.0 Å². The third-order valence-corrected chi connectivity index (χ3v) is 6.14. The molecule has 1 heterocycles. The number of aliphatic hydroxyl groups is 1. The topological polar surface area (TPSA) is 76.1 Å². The quantitative estimate of drug-likeness (QED) is 0.227. The van der Waals surface area contributed by atoms with Crippen LogP contribution in [0.5, 0.6) is 11.5 Å². The molecule has 186 valence electrons. The third-order valence-electron chi connectivity index (χ3n) is 5.40. The zero-order valence-corrected chi connectivity index (χ0v) is 19.9. The molecule has 1 aliphatic rings. The molecule has 4 rings (SSSR count). The van der Waals surface area contributed by atoms with E-state index in [4.69, 9.17) is 27.9 Å². The highest BCUT2D eigenvalue weighted by molar-refractivity contribution is 6.51. The summed E-state index contributed by atoms with van der Waals surface area (Å²) in [5.74, 6) is -2.72. The summed E-state index contributed by atoms with van der Waals surface area (Å²) in [5, 5.41) is 11.4. The maximum atomic E-state index is 13.2. The first-order valence-corrected chi connectivity index (χ1v) is 11.0. The zero-order valence-electron chi connectivity index (χ0n) is 18.3. The van der Waals surface area contributed by atoms with Crippen molar-refractivity contribution in [1.29, 1.82) is 0 Å². The molecule has 1 unspecified atom stereocenters. The number of nitrogens with zero attached hydrogens (tertiary/aromatic N) is 1. The van der Waals surface area contributed by atoms with E-state index in [1.807, 2.05) is 0 Å². The van der Waals surface area contributed by atoms with Crippen LogP contribution in [0.3, 0.4) is 0 Å². The number of ether oxygens (including phenoxy) is 2. The summed E-state index contributed by atoms with van der Waals surface area (Å²) in [4.78, 5) is 27.3. The fourth-order valence-corrected chi connectivity index (χ4v) is 4.13. The first kappa shape index (κ1) is 25.4. The van der Waals surface area contributed by atoms with E-state index in [9.17, 15) is 27.9 Å². The van der Waals surface area contributed by atoms with Gasteiger partial charge in [-0.3, -0.25) is 14.5 Å². The maximum Gasteiger partial charge on any atom is 0.573 e. The van der Waals surface area contributed by atoms with Crippen LogP contribution in [0.4, 0.5) is 18.9 Å². The van der Waals surface area contributed by atoms with Gasteiger partial charge in [0, 0.05) is 17.3 Å². The van der Waals surface area contributed by atoms with Crippen molar-refractivity contribution in [3.63, 3.8) is 0 Å². The second-order valence-corrected chi connectivity index (χ2v) is 8.43. The molecular weight excluding hydrogens is 522 g/mol. The van der Waals surface area contributed by atoms with Crippen molar-refractivity contribution in [2.24, 2.45) is 0 Å². The molecule has 1 saturated heterocycles. The van der Waals surface area contributed by atoms with Crippen LogP contribution in [0.1, 0.15) is 17.2 Å². The van der Waals surface area contributed by atoms with Crippen molar-refractivity contribution in [1.82, 2.24) is 0 Å². The second-order valence-electron chi connectivity index (χ2n) is 7.62. The fourth-order valence-electron chi connectivity index (χ4n) is 3.83. The monoisotopic (exact) mass is 537 g/mol. The molecule has 1 atom stereocenters. The van der Waals surface area contributed by atoms with E-state index in [2.05, 4.69) is 4.74 Å². The highest BCUT2D eigenvalue weighted by Gasteiger charge is 2.47. The van der Waals surface area contributed by atoms with E-state index in [0.29, 0.717) is 11.3 Å². The number of halogens is 5. The Morgan fingerprint density at radius 3 is 2.25 bits per heavy atom. The number of ketones is 1. The van der Waals surface area contributed by atoms with Gasteiger partial charge in [-0.15, -0.1) is 13.2 Å². The Bertz CT molecular complexity index is 1370. The molecule has 0 spiro atoms. The molecule has 0 radical (unpaired) electrons. The van der Waals surface area contributed by atoms with Crippen molar-refractivity contribution in [3.8, 4) is 11.5 Å². The average Bonchev–Trinajstić information content (AvgIpc) is 3.10. The number of aliphatic hydroxyl groups excluding tert-OH is 1. The molecule has 0 saturated carbocycles. The summed E-state index contributed by atoms with van der Waals surface area (Å²) in [6, 6.07) is 13.9. The summed E-state index contributed by atoms with van der Waals surface area (Å²) in [6.07, 6.45) is -4.96. The van der Waals surface area contributed by atoms with Gasteiger partial charge in [0.1, 0.15) is 17.3 Å². The maximum absolute atomic E-state index is 13.2. The molecule has 0 bridgehead atoms. The molecule has 3 aromatic carbocycles. The lowest BCUT2D eigenvalue weighted by Gasteiger charge is -2.26. The van der Waals surface area contributed by atoms with Crippen LogP contribution in [0, 0.1) is 0 Å². The van der Waals surface area contributed by atoms with Crippen molar-refractivity contribution in [3.05, 3.63) is 93.5 Å². The second kappa shape index (κ2) is 9.75. The van der Waals surface area contributed by atoms with Crippen LogP contribution < -0.4 is 14.4 Å². The number of alkyl halides is 3. The van der Waals surface area contributed by atoms with E-state index in [1.165, 1.54) is 37.4 Å². The van der Waals surface area contributed by atoms with Crippen molar-refractivity contribution < 1.29 is 37.3 Å². The summed E-state index contributed by atoms with van der Waals surface area (Å²) in [5.41, 5.74) is 0.173. The zero-order chi connectivity index (χ0) is 26.2. The minimum atomic E-state index is -4.96. The number of carbonyl (C=O) groups excluding carboxylic acids is 2. The van der Waals surface area contributed by atoms with E-state index in [-0.39, 0.29) is 26.9 Å². The van der Waals surface area contributed by atoms with Crippen LogP contribution in [-0.2, 0) is 9.59 Å². The highest BCUT2D eigenvalue weighted by Crippen LogP contribution is 2.43. The first-order chi connectivity index (χ1) is 17.0. The number of amides is 1. The van der Waals surface area contributed by atoms with Gasteiger partial charge in [-0.25, -0.2) is 0 Å². The lowest BCUT2D eigenvalue weighted by atomic mass is 9.95. The van der Waals surface area contributed by atoms with Gasteiger partial charge < -0.3 is 14.6 Å². The number of anilines is 1. The van der Waals surface area contributed by atoms with Gasteiger partial charge in [-0.05, 0) is 48.0 Å². The lowest BCUT2D eigenvalue weighted by molar-refractivity contribution is -0.274. The minimum Gasteiger partial charge on any atom is -0.507 e. The Labute approximate surface area is 213 Å². The first-order valence-electron chi connectivity index (χ1n) is 10.3. The predicted octanol–water partition coefficient (Wildman–Crippen LogP) is 6.53. The lowest BCUT2D eigenvalue weighted by Crippen LogP contribution is -2.29. The molecule has 0 aliphatic carbocycles. The van der Waals surface area contributed by atoms with Gasteiger partial charge in [0.15, 0.2) is 0 Å². The van der Waals surface area contributed by atoms with Gasteiger partial charge in [0.05, 0.1) is 28.8 Å². The van der Waals surface area contributed by atoms with Gasteiger partial charge in [0.25, 0.3) is 11.7 Å². The molecule has 36 heavy (non-hydrogen) atoms. The molecule has 1 amide bonds. The van der Waals surface area contributed by atoms with Crippen LogP contribution in [0.25, 0.3) is 5.76 Å². The molecule has 11 heteroatoms. The van der Waals surface area contributed by atoms with Gasteiger partial charge in [0.2, 0.25) is 0 Å². The Morgan fingerprint density at radius 2 is 1.64 bits per heavy atom. The SMILES string of the molecule is COc1ccc(C2/C(=C(\O)c3ccc(Cl)c(Cl)c3)C(=O)C(=O)N2c2cccc(OC(F)(F)F)c2)cc1. The van der Waals surface area contributed by atoms with Crippen LogP contribution in [-0.4, -0.2) is 30.3 Å². The molecule has 1 N–H and O–H groups in total. The van der Waals surface area contributed by atoms with Crippen molar-refractivity contribution >= 4 is 46.3 Å². The highest BCUT2D eigenvalue weighted by atomic mass is 35.5. The standard InChI is InChI=1S/C25H16Cl2F3NO5/c1-35-16-8-5-13(6-9-16)21-20(22(32)14-7-10-18(26)19(27)11-14)23(33)24(34)31(21)15-3-2-4-17(12-15)36-25(28,29)30/h2-12,21,32H,1H3/b22-20+. The Balaban J connectivity index is 1.91. The Hall–Kier alpha value is -3.69. The average molecular weight is 538 g/mol. The van der Waals surface area contributed by atoms with Crippen LogP contribution in [0.15, 0.2) is 72.3 Å². The summed E-state index contributed by atoms with van der Waals surface area (Å²) in [7, 11) is 1.46. The Kier molecular flexibility index (Phi) is 6.88. The van der Waals surface area contributed by atoms with Gasteiger partial charge in [-0.1, -0.05) is 41.4 Å². The molecule has 1 aliphatic heterocycles. The number of Topliss-reactive ketones (excluding diaryl/α,β-unsaturated/α-hetero) is 1.